The number of benzene rings is 1. The predicted molar refractivity (Wildman–Crippen MR) is 100 cm³/mol. The maximum Gasteiger partial charge on any atom is 0.306 e. The molecule has 2 aromatic rings. The maximum absolute atomic E-state index is 12.0. The van der Waals surface area contributed by atoms with Crippen LogP contribution in [0.15, 0.2) is 35.7 Å². The molecule has 1 amide bonds. The number of carbonyl (C=O) groups excluding carboxylic acids is 2. The SMILES string of the molecule is CC(C)(C)OC(=O)CCCCC(=O)Nc1nc(-c2ccccc2)cs1. The van der Waals surface area contributed by atoms with Gasteiger partial charge in [0.25, 0.3) is 0 Å². The second kappa shape index (κ2) is 8.76. The Labute approximate surface area is 152 Å². The Balaban J connectivity index is 1.71. The highest BCUT2D eigenvalue weighted by molar-refractivity contribution is 7.14. The van der Waals surface area contributed by atoms with Gasteiger partial charge in [-0.15, -0.1) is 11.3 Å². The third-order valence-corrected chi connectivity index (χ3v) is 4.03. The zero-order valence-electron chi connectivity index (χ0n) is 14.9. The highest BCUT2D eigenvalue weighted by Crippen LogP contribution is 2.24. The fourth-order valence-corrected chi connectivity index (χ4v) is 2.94. The number of esters is 1. The second-order valence-electron chi connectivity index (χ2n) is 6.75. The molecule has 0 aliphatic carbocycles. The van der Waals surface area contributed by atoms with Crippen LogP contribution in [-0.4, -0.2) is 22.5 Å². The van der Waals surface area contributed by atoms with Crippen molar-refractivity contribution in [2.75, 3.05) is 5.32 Å². The normalized spacial score (nSPS) is 11.2. The molecule has 1 aromatic carbocycles. The van der Waals surface area contributed by atoms with Gasteiger partial charge >= 0.3 is 5.97 Å². The number of carbonyl (C=O) groups is 2. The Hall–Kier alpha value is -2.21. The van der Waals surface area contributed by atoms with Crippen LogP contribution < -0.4 is 5.32 Å². The molecule has 0 aliphatic heterocycles. The van der Waals surface area contributed by atoms with Crippen LogP contribution in [0.25, 0.3) is 11.3 Å². The van der Waals surface area contributed by atoms with Crippen LogP contribution in [0.1, 0.15) is 46.5 Å². The zero-order valence-corrected chi connectivity index (χ0v) is 15.7. The van der Waals surface area contributed by atoms with Crippen molar-refractivity contribution >= 4 is 28.3 Å². The van der Waals surface area contributed by atoms with Gasteiger partial charge in [-0.25, -0.2) is 4.98 Å². The summed E-state index contributed by atoms with van der Waals surface area (Å²) in [6.45, 7) is 5.53. The van der Waals surface area contributed by atoms with E-state index in [0.717, 1.165) is 11.3 Å². The molecule has 0 atom stereocenters. The highest BCUT2D eigenvalue weighted by Gasteiger charge is 2.16. The molecular formula is C19H24N2O3S. The number of amides is 1. The third kappa shape index (κ3) is 7.05. The number of ether oxygens (including phenoxy) is 1. The minimum atomic E-state index is -0.463. The summed E-state index contributed by atoms with van der Waals surface area (Å²) in [7, 11) is 0. The van der Waals surface area contributed by atoms with Crippen LogP contribution in [0.5, 0.6) is 0 Å². The van der Waals surface area contributed by atoms with Crippen molar-refractivity contribution in [2.45, 2.75) is 52.1 Å². The Morgan fingerprint density at radius 3 is 2.48 bits per heavy atom. The highest BCUT2D eigenvalue weighted by atomic mass is 32.1. The number of aromatic nitrogens is 1. The van der Waals surface area contributed by atoms with Crippen molar-refractivity contribution in [2.24, 2.45) is 0 Å². The van der Waals surface area contributed by atoms with E-state index in [1.807, 2.05) is 56.5 Å². The first-order valence-corrected chi connectivity index (χ1v) is 9.24. The molecule has 0 fully saturated rings. The molecule has 5 nitrogen and oxygen atoms in total. The van der Waals surface area contributed by atoms with E-state index in [1.165, 1.54) is 11.3 Å². The summed E-state index contributed by atoms with van der Waals surface area (Å²) in [4.78, 5) is 28.0. The van der Waals surface area contributed by atoms with Crippen LogP contribution in [0.3, 0.4) is 0 Å². The van der Waals surface area contributed by atoms with E-state index in [2.05, 4.69) is 10.3 Å². The summed E-state index contributed by atoms with van der Waals surface area (Å²) in [5, 5.41) is 5.33. The molecule has 1 N–H and O–H groups in total. The summed E-state index contributed by atoms with van der Waals surface area (Å²) in [5.41, 5.74) is 1.41. The molecule has 0 saturated heterocycles. The fraction of sp³-hybridized carbons (Fsp3) is 0.421. The van der Waals surface area contributed by atoms with Gasteiger partial charge < -0.3 is 10.1 Å². The van der Waals surface area contributed by atoms with E-state index in [-0.39, 0.29) is 11.9 Å². The lowest BCUT2D eigenvalue weighted by Gasteiger charge is -2.19. The Bertz CT molecular complexity index is 705. The standard InChI is InChI=1S/C19H24N2O3S/c1-19(2,3)24-17(23)12-8-7-11-16(22)21-18-20-15(13-25-18)14-9-5-4-6-10-14/h4-6,9-10,13H,7-8,11-12H2,1-3H3,(H,20,21,22). The van der Waals surface area contributed by atoms with Crippen molar-refractivity contribution < 1.29 is 14.3 Å². The van der Waals surface area contributed by atoms with Gasteiger partial charge in [-0.1, -0.05) is 30.3 Å². The lowest BCUT2D eigenvalue weighted by Crippen LogP contribution is -2.23. The summed E-state index contributed by atoms with van der Waals surface area (Å²) in [6.07, 6.45) is 1.97. The van der Waals surface area contributed by atoms with Crippen molar-refractivity contribution in [3.05, 3.63) is 35.7 Å². The molecule has 0 unspecified atom stereocenters. The first-order chi connectivity index (χ1) is 11.8. The summed E-state index contributed by atoms with van der Waals surface area (Å²) < 4.78 is 5.24. The average Bonchev–Trinajstić information content (AvgIpc) is 2.99. The van der Waals surface area contributed by atoms with E-state index in [9.17, 15) is 9.59 Å². The van der Waals surface area contributed by atoms with E-state index in [1.54, 1.807) is 0 Å². The van der Waals surface area contributed by atoms with Gasteiger partial charge in [-0.2, -0.15) is 0 Å². The minimum absolute atomic E-state index is 0.0850. The van der Waals surface area contributed by atoms with Crippen LogP contribution in [0.4, 0.5) is 5.13 Å². The van der Waals surface area contributed by atoms with E-state index < -0.39 is 5.60 Å². The minimum Gasteiger partial charge on any atom is -0.460 e. The van der Waals surface area contributed by atoms with Gasteiger partial charge in [0.2, 0.25) is 5.91 Å². The number of anilines is 1. The molecule has 1 heterocycles. The monoisotopic (exact) mass is 360 g/mol. The molecule has 0 saturated carbocycles. The number of nitrogens with zero attached hydrogens (tertiary/aromatic N) is 1. The van der Waals surface area contributed by atoms with E-state index >= 15 is 0 Å². The van der Waals surface area contributed by atoms with Gasteiger partial charge in [0, 0.05) is 23.8 Å². The van der Waals surface area contributed by atoms with Crippen LogP contribution in [-0.2, 0) is 14.3 Å². The quantitative estimate of drug-likeness (QED) is 0.576. The first-order valence-electron chi connectivity index (χ1n) is 8.36. The van der Waals surface area contributed by atoms with Gasteiger partial charge in [0.1, 0.15) is 5.60 Å². The lowest BCUT2D eigenvalue weighted by atomic mass is 10.1. The molecule has 2 rings (SSSR count). The largest absolute Gasteiger partial charge is 0.460 e. The van der Waals surface area contributed by atoms with Crippen LogP contribution >= 0.6 is 11.3 Å². The molecular weight excluding hydrogens is 336 g/mol. The molecule has 6 heteroatoms. The molecule has 25 heavy (non-hydrogen) atoms. The third-order valence-electron chi connectivity index (χ3n) is 3.27. The van der Waals surface area contributed by atoms with E-state index in [4.69, 9.17) is 4.74 Å². The number of hydrogen-bond acceptors (Lipinski definition) is 5. The van der Waals surface area contributed by atoms with Crippen molar-refractivity contribution in [1.82, 2.24) is 4.98 Å². The van der Waals surface area contributed by atoms with Gasteiger partial charge in [0.05, 0.1) is 5.69 Å². The molecule has 0 spiro atoms. The molecule has 0 aliphatic rings. The van der Waals surface area contributed by atoms with E-state index in [0.29, 0.717) is 30.8 Å². The van der Waals surface area contributed by atoms with Crippen LogP contribution in [0, 0.1) is 0 Å². The number of rotatable bonds is 7. The van der Waals surface area contributed by atoms with Gasteiger partial charge in [-0.05, 0) is 33.6 Å². The number of nitrogens with one attached hydrogen (secondary N) is 1. The molecule has 0 radical (unpaired) electrons. The molecule has 1 aromatic heterocycles. The fourth-order valence-electron chi connectivity index (χ4n) is 2.20. The van der Waals surface area contributed by atoms with Crippen molar-refractivity contribution in [3.63, 3.8) is 0 Å². The predicted octanol–water partition coefficient (Wildman–Crippen LogP) is 4.65. The van der Waals surface area contributed by atoms with Crippen molar-refractivity contribution in [3.8, 4) is 11.3 Å². The van der Waals surface area contributed by atoms with Crippen LogP contribution in [0.2, 0.25) is 0 Å². The van der Waals surface area contributed by atoms with Gasteiger partial charge in [-0.3, -0.25) is 9.59 Å². The summed E-state index contributed by atoms with van der Waals surface area (Å²) in [6, 6.07) is 9.83. The molecule has 134 valence electrons. The number of unbranched alkanes of at least 4 members (excludes halogenated alkanes) is 1. The zero-order chi connectivity index (χ0) is 18.3. The van der Waals surface area contributed by atoms with Crippen molar-refractivity contribution in [1.29, 1.82) is 0 Å². The number of thiazole rings is 1. The Morgan fingerprint density at radius 1 is 1.12 bits per heavy atom. The summed E-state index contributed by atoms with van der Waals surface area (Å²) >= 11 is 1.41. The average molecular weight is 360 g/mol. The van der Waals surface area contributed by atoms with Gasteiger partial charge in [0.15, 0.2) is 5.13 Å². The molecule has 0 bridgehead atoms. The smallest absolute Gasteiger partial charge is 0.306 e. The Morgan fingerprint density at radius 2 is 1.80 bits per heavy atom. The maximum atomic E-state index is 12.0. The first kappa shape index (κ1) is 19.1. The number of hydrogen-bond donors (Lipinski definition) is 1. The lowest BCUT2D eigenvalue weighted by molar-refractivity contribution is -0.155. The topological polar surface area (TPSA) is 68.3 Å². The Kier molecular flexibility index (Phi) is 6.70. The summed E-state index contributed by atoms with van der Waals surface area (Å²) in [5.74, 6) is -0.307. The second-order valence-corrected chi connectivity index (χ2v) is 7.60.